The number of carbonyl (C=O) groups excluding carboxylic acids is 1. The maximum absolute atomic E-state index is 12.3. The second kappa shape index (κ2) is 9.89. The number of anilines is 2. The van der Waals surface area contributed by atoms with E-state index < -0.39 is 0 Å². The average Bonchev–Trinajstić information content (AvgIpc) is 3.32. The smallest absolute Gasteiger partial charge is 0.248 e. The lowest BCUT2D eigenvalue weighted by Crippen LogP contribution is -2.47. The Kier molecular flexibility index (Phi) is 6.57. The minimum absolute atomic E-state index is 0.171. The van der Waals surface area contributed by atoms with Crippen LogP contribution in [0.1, 0.15) is 11.3 Å². The SMILES string of the molecule is O=C(C=Cc1ccco1)Nc1ccccc1N1CCN(CCc2ccncc2)CC1. The zero-order valence-electron chi connectivity index (χ0n) is 16.9. The molecule has 2 aromatic heterocycles. The fourth-order valence-corrected chi connectivity index (χ4v) is 3.62. The van der Waals surface area contributed by atoms with Crippen molar-refractivity contribution in [3.8, 4) is 0 Å². The van der Waals surface area contributed by atoms with Crippen molar-refractivity contribution in [1.82, 2.24) is 9.88 Å². The van der Waals surface area contributed by atoms with Crippen LogP contribution in [0.3, 0.4) is 0 Å². The fourth-order valence-electron chi connectivity index (χ4n) is 3.62. The Morgan fingerprint density at radius 1 is 1.03 bits per heavy atom. The molecule has 30 heavy (non-hydrogen) atoms. The number of para-hydroxylation sites is 2. The van der Waals surface area contributed by atoms with Gasteiger partial charge in [0, 0.05) is 51.2 Å². The van der Waals surface area contributed by atoms with E-state index in [1.807, 2.05) is 36.7 Å². The van der Waals surface area contributed by atoms with Crippen molar-refractivity contribution in [2.75, 3.05) is 42.9 Å². The van der Waals surface area contributed by atoms with Gasteiger partial charge in [0.15, 0.2) is 0 Å². The summed E-state index contributed by atoms with van der Waals surface area (Å²) in [7, 11) is 0. The Bertz CT molecular complexity index is 962. The van der Waals surface area contributed by atoms with E-state index in [9.17, 15) is 4.79 Å². The highest BCUT2D eigenvalue weighted by Crippen LogP contribution is 2.26. The van der Waals surface area contributed by atoms with Gasteiger partial charge in [-0.1, -0.05) is 12.1 Å². The summed E-state index contributed by atoms with van der Waals surface area (Å²) in [5.41, 5.74) is 3.21. The number of benzene rings is 1. The number of rotatable bonds is 7. The standard InChI is InChI=1S/C24H26N4O2/c29-24(8-7-21-4-3-19-30-21)26-22-5-1-2-6-23(22)28-17-15-27(16-18-28)14-11-20-9-12-25-13-10-20/h1-10,12-13,19H,11,14-18H2,(H,26,29). The van der Waals surface area contributed by atoms with E-state index in [1.165, 1.54) is 11.6 Å². The van der Waals surface area contributed by atoms with Crippen LogP contribution in [0.15, 0.2) is 77.7 Å². The molecule has 0 bridgehead atoms. The second-order valence-corrected chi connectivity index (χ2v) is 7.29. The van der Waals surface area contributed by atoms with Crippen molar-refractivity contribution in [3.63, 3.8) is 0 Å². The van der Waals surface area contributed by atoms with Crippen LogP contribution in [-0.4, -0.2) is 48.5 Å². The molecule has 0 saturated carbocycles. The van der Waals surface area contributed by atoms with E-state index in [0.29, 0.717) is 5.76 Å². The third-order valence-corrected chi connectivity index (χ3v) is 5.28. The molecule has 4 rings (SSSR count). The van der Waals surface area contributed by atoms with E-state index in [0.717, 1.165) is 50.5 Å². The molecule has 6 nitrogen and oxygen atoms in total. The maximum atomic E-state index is 12.3. The molecule has 0 unspecified atom stereocenters. The molecule has 3 heterocycles. The second-order valence-electron chi connectivity index (χ2n) is 7.29. The summed E-state index contributed by atoms with van der Waals surface area (Å²) < 4.78 is 5.23. The molecule has 0 spiro atoms. The van der Waals surface area contributed by atoms with Crippen LogP contribution in [0.4, 0.5) is 11.4 Å². The molecule has 3 aromatic rings. The molecule has 1 fully saturated rings. The Hall–Kier alpha value is -3.38. The van der Waals surface area contributed by atoms with Gasteiger partial charge in [-0.3, -0.25) is 14.7 Å². The average molecular weight is 402 g/mol. The summed E-state index contributed by atoms with van der Waals surface area (Å²) in [5.74, 6) is 0.483. The minimum Gasteiger partial charge on any atom is -0.465 e. The van der Waals surface area contributed by atoms with E-state index in [2.05, 4.69) is 38.3 Å². The number of nitrogens with zero attached hydrogens (tertiary/aromatic N) is 3. The first kappa shape index (κ1) is 19.9. The van der Waals surface area contributed by atoms with Crippen molar-refractivity contribution < 1.29 is 9.21 Å². The lowest BCUT2D eigenvalue weighted by molar-refractivity contribution is -0.111. The number of carbonyl (C=O) groups is 1. The quantitative estimate of drug-likeness (QED) is 0.611. The third-order valence-electron chi connectivity index (χ3n) is 5.28. The van der Waals surface area contributed by atoms with Gasteiger partial charge in [-0.15, -0.1) is 0 Å². The summed E-state index contributed by atoms with van der Waals surface area (Å²) in [4.78, 5) is 21.3. The first-order valence-corrected chi connectivity index (χ1v) is 10.3. The molecular formula is C24H26N4O2. The third kappa shape index (κ3) is 5.36. The first-order chi connectivity index (χ1) is 14.8. The highest BCUT2D eigenvalue weighted by Gasteiger charge is 2.19. The summed E-state index contributed by atoms with van der Waals surface area (Å²) in [6.45, 7) is 4.93. The molecular weight excluding hydrogens is 376 g/mol. The number of furan rings is 1. The number of pyridine rings is 1. The van der Waals surface area contributed by atoms with Crippen LogP contribution < -0.4 is 10.2 Å². The predicted molar refractivity (Wildman–Crippen MR) is 119 cm³/mol. The van der Waals surface area contributed by atoms with Crippen molar-refractivity contribution >= 4 is 23.4 Å². The van der Waals surface area contributed by atoms with Crippen molar-refractivity contribution in [2.45, 2.75) is 6.42 Å². The first-order valence-electron chi connectivity index (χ1n) is 10.3. The summed E-state index contributed by atoms with van der Waals surface area (Å²) in [6, 6.07) is 15.7. The van der Waals surface area contributed by atoms with Crippen LogP contribution in [0, 0.1) is 0 Å². The van der Waals surface area contributed by atoms with Gasteiger partial charge in [0.2, 0.25) is 5.91 Å². The van der Waals surface area contributed by atoms with E-state index >= 15 is 0 Å². The van der Waals surface area contributed by atoms with Crippen LogP contribution >= 0.6 is 0 Å². The Morgan fingerprint density at radius 2 is 1.83 bits per heavy atom. The van der Waals surface area contributed by atoms with Gasteiger partial charge in [-0.05, 0) is 54.5 Å². The number of piperazine rings is 1. The summed E-state index contributed by atoms with van der Waals surface area (Å²) in [5, 5.41) is 3.00. The molecule has 154 valence electrons. The number of hydrogen-bond acceptors (Lipinski definition) is 5. The Balaban J connectivity index is 1.32. The van der Waals surface area contributed by atoms with E-state index in [-0.39, 0.29) is 5.91 Å². The molecule has 6 heteroatoms. The molecule has 1 amide bonds. The highest BCUT2D eigenvalue weighted by atomic mass is 16.3. The van der Waals surface area contributed by atoms with Gasteiger partial charge in [0.05, 0.1) is 17.6 Å². The van der Waals surface area contributed by atoms with Gasteiger partial charge in [-0.2, -0.15) is 0 Å². The molecule has 1 aromatic carbocycles. The molecule has 0 radical (unpaired) electrons. The van der Waals surface area contributed by atoms with Crippen molar-refractivity contribution in [3.05, 3.63) is 84.6 Å². The zero-order chi connectivity index (χ0) is 20.6. The number of aromatic nitrogens is 1. The topological polar surface area (TPSA) is 61.6 Å². The molecule has 0 atom stereocenters. The number of nitrogens with one attached hydrogen (secondary N) is 1. The van der Waals surface area contributed by atoms with Crippen LogP contribution in [-0.2, 0) is 11.2 Å². The summed E-state index contributed by atoms with van der Waals surface area (Å²) in [6.07, 6.45) is 9.48. The van der Waals surface area contributed by atoms with Gasteiger partial charge < -0.3 is 14.6 Å². The molecule has 1 saturated heterocycles. The normalized spacial score (nSPS) is 14.9. The monoisotopic (exact) mass is 402 g/mol. The predicted octanol–water partition coefficient (Wildman–Crippen LogP) is 3.69. The van der Waals surface area contributed by atoms with Crippen LogP contribution in [0.2, 0.25) is 0 Å². The zero-order valence-corrected chi connectivity index (χ0v) is 16.9. The number of amides is 1. The van der Waals surface area contributed by atoms with Gasteiger partial charge in [-0.25, -0.2) is 0 Å². The molecule has 1 aliphatic heterocycles. The number of hydrogen-bond donors (Lipinski definition) is 1. The largest absolute Gasteiger partial charge is 0.465 e. The minimum atomic E-state index is -0.171. The summed E-state index contributed by atoms with van der Waals surface area (Å²) >= 11 is 0. The molecule has 1 aliphatic rings. The lowest BCUT2D eigenvalue weighted by atomic mass is 10.1. The maximum Gasteiger partial charge on any atom is 0.248 e. The fraction of sp³-hybridized carbons (Fsp3) is 0.250. The van der Waals surface area contributed by atoms with Crippen LogP contribution in [0.25, 0.3) is 6.08 Å². The molecule has 1 N–H and O–H groups in total. The molecule has 0 aliphatic carbocycles. The Morgan fingerprint density at radius 3 is 2.60 bits per heavy atom. The van der Waals surface area contributed by atoms with E-state index in [4.69, 9.17) is 4.42 Å². The Labute approximate surface area is 176 Å². The van der Waals surface area contributed by atoms with E-state index in [1.54, 1.807) is 18.4 Å². The van der Waals surface area contributed by atoms with Crippen molar-refractivity contribution in [1.29, 1.82) is 0 Å². The lowest BCUT2D eigenvalue weighted by Gasteiger charge is -2.37. The van der Waals surface area contributed by atoms with Gasteiger partial charge in [0.1, 0.15) is 5.76 Å². The van der Waals surface area contributed by atoms with Gasteiger partial charge in [0.25, 0.3) is 0 Å². The van der Waals surface area contributed by atoms with Crippen LogP contribution in [0.5, 0.6) is 0 Å². The van der Waals surface area contributed by atoms with Gasteiger partial charge >= 0.3 is 0 Å². The highest BCUT2D eigenvalue weighted by molar-refractivity contribution is 6.03. The van der Waals surface area contributed by atoms with Crippen molar-refractivity contribution in [2.24, 2.45) is 0 Å².